The Morgan fingerprint density at radius 3 is 2.91 bits per heavy atom. The van der Waals surface area contributed by atoms with Crippen LogP contribution in [-0.2, 0) is 6.54 Å². The molecule has 1 saturated heterocycles. The molecule has 2 aromatic heterocycles. The van der Waals surface area contributed by atoms with Gasteiger partial charge in [0.1, 0.15) is 5.75 Å². The Balaban J connectivity index is 1.82. The van der Waals surface area contributed by atoms with Gasteiger partial charge in [0.2, 0.25) is 0 Å². The molecule has 0 aromatic carbocycles. The summed E-state index contributed by atoms with van der Waals surface area (Å²) in [7, 11) is 1.58. The van der Waals surface area contributed by atoms with Crippen LogP contribution in [0.4, 0.5) is 0 Å². The molecular weight excluding hydrogens is 296 g/mol. The van der Waals surface area contributed by atoms with E-state index in [1.165, 1.54) is 6.07 Å². The van der Waals surface area contributed by atoms with Gasteiger partial charge in [-0.25, -0.2) is 0 Å². The highest BCUT2D eigenvalue weighted by Gasteiger charge is 2.29. The van der Waals surface area contributed by atoms with Gasteiger partial charge < -0.3 is 20.1 Å². The van der Waals surface area contributed by atoms with Crippen LogP contribution in [-0.4, -0.2) is 59.0 Å². The lowest BCUT2D eigenvalue weighted by Gasteiger charge is -2.17. The number of fused-ring (bicyclic) bond motifs is 1. The van der Waals surface area contributed by atoms with Crippen molar-refractivity contribution >= 4 is 11.0 Å². The molecule has 124 valence electrons. The zero-order chi connectivity index (χ0) is 16.4. The first-order valence-electron chi connectivity index (χ1n) is 7.76. The van der Waals surface area contributed by atoms with Crippen LogP contribution in [0.15, 0.2) is 29.2 Å². The normalized spacial score (nSPS) is 21.9. The van der Waals surface area contributed by atoms with Gasteiger partial charge >= 0.3 is 0 Å². The molecule has 0 spiro atoms. The predicted octanol–water partition coefficient (Wildman–Crippen LogP) is -0.343. The van der Waals surface area contributed by atoms with Crippen molar-refractivity contribution in [3.8, 4) is 5.75 Å². The smallest absolute Gasteiger partial charge is 0.251 e. The van der Waals surface area contributed by atoms with Gasteiger partial charge in [0.25, 0.3) is 5.56 Å². The second-order valence-corrected chi connectivity index (χ2v) is 5.93. The third kappa shape index (κ3) is 3.21. The van der Waals surface area contributed by atoms with Crippen molar-refractivity contribution in [2.24, 2.45) is 11.7 Å². The van der Waals surface area contributed by atoms with Gasteiger partial charge in [-0.3, -0.25) is 14.7 Å². The van der Waals surface area contributed by atoms with E-state index in [0.717, 1.165) is 17.6 Å². The number of nitrogens with zero attached hydrogens (tertiary/aromatic N) is 3. The minimum atomic E-state index is -0.383. The maximum Gasteiger partial charge on any atom is 0.251 e. The lowest BCUT2D eigenvalue weighted by molar-refractivity contribution is 0.144. The standard InChI is InChI=1S/C16H22N4O3/c1-23-12-6-14-13(18-8-12)2-3-16(22)20(14)5-4-19-9-11(7-17)15(21)10-19/h2-3,6,8,11,15,21H,4-5,7,9-10,17H2,1H3. The van der Waals surface area contributed by atoms with E-state index >= 15 is 0 Å². The number of rotatable bonds is 5. The first-order chi connectivity index (χ1) is 11.1. The molecule has 3 N–H and O–H groups in total. The molecule has 0 aliphatic carbocycles. The summed E-state index contributed by atoms with van der Waals surface area (Å²) in [6, 6.07) is 5.08. The number of pyridine rings is 2. The zero-order valence-corrected chi connectivity index (χ0v) is 13.2. The predicted molar refractivity (Wildman–Crippen MR) is 87.5 cm³/mol. The number of aliphatic hydroxyl groups is 1. The first kappa shape index (κ1) is 15.9. The Morgan fingerprint density at radius 1 is 1.39 bits per heavy atom. The third-order valence-electron chi connectivity index (χ3n) is 4.47. The van der Waals surface area contributed by atoms with Gasteiger partial charge in [0, 0.05) is 44.2 Å². The average molecular weight is 318 g/mol. The second kappa shape index (κ2) is 6.66. The largest absolute Gasteiger partial charge is 0.495 e. The number of nitrogens with two attached hydrogens (primary N) is 1. The van der Waals surface area contributed by atoms with Crippen molar-refractivity contribution in [2.75, 3.05) is 33.3 Å². The molecule has 0 bridgehead atoms. The van der Waals surface area contributed by atoms with Crippen molar-refractivity contribution < 1.29 is 9.84 Å². The Morgan fingerprint density at radius 2 is 2.22 bits per heavy atom. The fourth-order valence-corrected chi connectivity index (χ4v) is 3.09. The summed E-state index contributed by atoms with van der Waals surface area (Å²) in [6.07, 6.45) is 1.26. The van der Waals surface area contributed by atoms with Gasteiger partial charge in [-0.2, -0.15) is 0 Å². The van der Waals surface area contributed by atoms with E-state index in [-0.39, 0.29) is 17.6 Å². The summed E-state index contributed by atoms with van der Waals surface area (Å²) in [6.45, 7) is 3.06. The molecule has 2 aromatic rings. The molecule has 7 heteroatoms. The van der Waals surface area contributed by atoms with Crippen LogP contribution in [0.25, 0.3) is 11.0 Å². The number of ether oxygens (including phenoxy) is 1. The van der Waals surface area contributed by atoms with Crippen molar-refractivity contribution in [3.05, 3.63) is 34.7 Å². The Labute approximate surface area is 134 Å². The lowest BCUT2D eigenvalue weighted by atomic mass is 10.1. The molecule has 1 aliphatic rings. The van der Waals surface area contributed by atoms with Crippen molar-refractivity contribution in [1.82, 2.24) is 14.5 Å². The van der Waals surface area contributed by atoms with Crippen LogP contribution in [0.2, 0.25) is 0 Å². The molecule has 1 fully saturated rings. The van der Waals surface area contributed by atoms with E-state index in [1.807, 2.05) is 6.07 Å². The molecular formula is C16H22N4O3. The monoisotopic (exact) mass is 318 g/mol. The average Bonchev–Trinajstić information content (AvgIpc) is 2.93. The van der Waals surface area contributed by atoms with Gasteiger partial charge in [-0.1, -0.05) is 0 Å². The fourth-order valence-electron chi connectivity index (χ4n) is 3.09. The molecule has 3 heterocycles. The topological polar surface area (TPSA) is 93.6 Å². The number of hydrogen-bond acceptors (Lipinski definition) is 6. The molecule has 0 radical (unpaired) electrons. The number of aromatic nitrogens is 2. The van der Waals surface area contributed by atoms with Crippen LogP contribution in [0, 0.1) is 5.92 Å². The van der Waals surface area contributed by atoms with Crippen LogP contribution in [0.1, 0.15) is 0 Å². The molecule has 2 atom stereocenters. The van der Waals surface area contributed by atoms with E-state index in [0.29, 0.717) is 31.9 Å². The van der Waals surface area contributed by atoms with Gasteiger partial charge in [-0.05, 0) is 12.6 Å². The van der Waals surface area contributed by atoms with Crippen LogP contribution >= 0.6 is 0 Å². The van der Waals surface area contributed by atoms with Crippen LogP contribution in [0.5, 0.6) is 5.75 Å². The van der Waals surface area contributed by atoms with Crippen molar-refractivity contribution in [1.29, 1.82) is 0 Å². The second-order valence-electron chi connectivity index (χ2n) is 5.93. The molecule has 1 aliphatic heterocycles. The molecule has 23 heavy (non-hydrogen) atoms. The van der Waals surface area contributed by atoms with E-state index in [4.69, 9.17) is 10.5 Å². The quantitative estimate of drug-likeness (QED) is 0.783. The summed E-state index contributed by atoms with van der Waals surface area (Å²) >= 11 is 0. The number of β-amino-alcohol motifs (C(OH)–C–C–N with tert-alkyl or cyclic N) is 1. The van der Waals surface area contributed by atoms with Gasteiger partial charge in [0.15, 0.2) is 0 Å². The van der Waals surface area contributed by atoms with Crippen LogP contribution in [0.3, 0.4) is 0 Å². The van der Waals surface area contributed by atoms with Gasteiger partial charge in [-0.15, -0.1) is 0 Å². The molecule has 0 saturated carbocycles. The van der Waals surface area contributed by atoms with E-state index in [9.17, 15) is 9.90 Å². The van der Waals surface area contributed by atoms with Crippen LogP contribution < -0.4 is 16.0 Å². The lowest BCUT2D eigenvalue weighted by Crippen LogP contribution is -2.30. The summed E-state index contributed by atoms with van der Waals surface area (Å²) in [5, 5.41) is 9.93. The number of methoxy groups -OCH3 is 1. The Kier molecular flexibility index (Phi) is 4.61. The Bertz CT molecular complexity index is 746. The minimum absolute atomic E-state index is 0.0670. The molecule has 0 amide bonds. The Hall–Kier alpha value is -1.96. The van der Waals surface area contributed by atoms with E-state index < -0.39 is 0 Å². The highest BCUT2D eigenvalue weighted by atomic mass is 16.5. The summed E-state index contributed by atoms with van der Waals surface area (Å²) in [4.78, 5) is 18.7. The van der Waals surface area contributed by atoms with Crippen molar-refractivity contribution in [2.45, 2.75) is 12.6 Å². The number of hydrogen-bond donors (Lipinski definition) is 2. The summed E-state index contributed by atoms with van der Waals surface area (Å²) in [5.74, 6) is 0.734. The summed E-state index contributed by atoms with van der Waals surface area (Å²) < 4.78 is 6.90. The van der Waals surface area contributed by atoms with E-state index in [2.05, 4.69) is 9.88 Å². The highest BCUT2D eigenvalue weighted by Crippen LogP contribution is 2.18. The maximum absolute atomic E-state index is 12.2. The minimum Gasteiger partial charge on any atom is -0.495 e. The van der Waals surface area contributed by atoms with E-state index in [1.54, 1.807) is 23.9 Å². The fraction of sp³-hybridized carbons (Fsp3) is 0.500. The SMILES string of the molecule is COc1cnc2ccc(=O)n(CCN3CC(O)C(CN)C3)c2c1. The maximum atomic E-state index is 12.2. The molecule has 7 nitrogen and oxygen atoms in total. The highest BCUT2D eigenvalue weighted by molar-refractivity contribution is 5.75. The third-order valence-corrected chi connectivity index (χ3v) is 4.47. The van der Waals surface area contributed by atoms with Crippen molar-refractivity contribution in [3.63, 3.8) is 0 Å². The van der Waals surface area contributed by atoms with Gasteiger partial charge in [0.05, 0.1) is 30.4 Å². The summed E-state index contributed by atoms with van der Waals surface area (Å²) in [5.41, 5.74) is 7.11. The molecule has 3 rings (SSSR count). The number of aliphatic hydroxyl groups excluding tert-OH is 1. The zero-order valence-electron chi connectivity index (χ0n) is 13.2. The first-order valence-corrected chi connectivity index (χ1v) is 7.76. The molecule has 2 unspecified atom stereocenters. The number of likely N-dealkylation sites (tertiary alicyclic amines) is 1.